The van der Waals surface area contributed by atoms with Crippen molar-refractivity contribution in [2.45, 2.75) is 7.43 Å². The van der Waals surface area contributed by atoms with Crippen molar-refractivity contribution >= 4 is 0 Å². The van der Waals surface area contributed by atoms with Crippen LogP contribution in [0.1, 0.15) is 7.43 Å². The van der Waals surface area contributed by atoms with E-state index in [1.54, 1.807) is 0 Å². The number of hydrogen-bond donors (Lipinski definition) is 1. The van der Waals surface area contributed by atoms with Gasteiger partial charge in [0.25, 0.3) is 0 Å². The standard InChI is InChI=1S/CH4.Hf.H3N.Ta/h1H4;;1H3;. The van der Waals surface area contributed by atoms with Gasteiger partial charge in [-0.25, -0.2) is 0 Å². The van der Waals surface area contributed by atoms with Gasteiger partial charge >= 0.3 is 0 Å². The first kappa shape index (κ1) is 47.2. The normalized spacial score (nSPS) is 0. The Balaban J connectivity index is 0. The molecule has 0 fully saturated rings. The van der Waals surface area contributed by atoms with E-state index in [2.05, 4.69) is 0 Å². The van der Waals surface area contributed by atoms with Crippen LogP contribution in [0.5, 0.6) is 0 Å². The maximum Gasteiger partial charge on any atom is 0 e. The Morgan fingerprint density at radius 1 is 1.00 bits per heavy atom. The predicted molar refractivity (Wildman–Crippen MR) is 11.8 cm³/mol. The summed E-state index contributed by atoms with van der Waals surface area (Å²) < 4.78 is 0. The van der Waals surface area contributed by atoms with Crippen molar-refractivity contribution < 1.29 is 48.2 Å². The van der Waals surface area contributed by atoms with E-state index in [1.807, 2.05) is 0 Å². The fraction of sp³-hybridized carbons (Fsp3) is 1.00. The summed E-state index contributed by atoms with van der Waals surface area (Å²) >= 11 is 0. The zero-order valence-corrected chi connectivity index (χ0v) is 8.46. The minimum Gasteiger partial charge on any atom is -0.344 e. The van der Waals surface area contributed by atoms with Gasteiger partial charge in [0.1, 0.15) is 0 Å². The fourth-order valence-electron chi connectivity index (χ4n) is 0. The first-order chi connectivity index (χ1) is 0. The van der Waals surface area contributed by atoms with Gasteiger partial charge in [0.05, 0.1) is 0 Å². The summed E-state index contributed by atoms with van der Waals surface area (Å²) in [6, 6.07) is 0. The molecular formula is CH7HfNTa. The Bertz CT molecular complexity index is 8.00. The third kappa shape index (κ3) is 9.57. The minimum atomic E-state index is 0. The SMILES string of the molecule is C.N.[Hf].[Ta]. The van der Waals surface area contributed by atoms with Crippen molar-refractivity contribution in [2.24, 2.45) is 0 Å². The van der Waals surface area contributed by atoms with E-state index in [1.165, 1.54) is 0 Å². The number of hydrogen-bond acceptors (Lipinski definition) is 1. The molecule has 0 atom stereocenters. The summed E-state index contributed by atoms with van der Waals surface area (Å²) in [7, 11) is 0. The molecule has 3 heteroatoms. The van der Waals surface area contributed by atoms with Crippen molar-refractivity contribution in [1.29, 1.82) is 0 Å². The molecule has 4 heavy (non-hydrogen) atoms. The fourth-order valence-corrected chi connectivity index (χ4v) is 0. The summed E-state index contributed by atoms with van der Waals surface area (Å²) in [6.07, 6.45) is 0. The second-order valence-electron chi connectivity index (χ2n) is 0. The van der Waals surface area contributed by atoms with Crippen LogP contribution in [-0.4, -0.2) is 0 Å². The summed E-state index contributed by atoms with van der Waals surface area (Å²) in [5.41, 5.74) is 0. The molecule has 25 valence electrons. The molecule has 0 aliphatic carbocycles. The second kappa shape index (κ2) is 23.6. The van der Waals surface area contributed by atoms with Crippen molar-refractivity contribution in [3.05, 3.63) is 0 Å². The quantitative estimate of drug-likeness (QED) is 0.608. The maximum absolute atomic E-state index is 0. The van der Waals surface area contributed by atoms with Gasteiger partial charge in [-0.2, -0.15) is 0 Å². The van der Waals surface area contributed by atoms with Gasteiger partial charge in [-0.15, -0.1) is 0 Å². The molecule has 0 aromatic carbocycles. The molecule has 0 bridgehead atoms. The number of rotatable bonds is 0. The van der Waals surface area contributed by atoms with E-state index in [0.717, 1.165) is 0 Å². The molecule has 0 aliphatic heterocycles. The molecule has 0 heterocycles. The molecule has 0 spiro atoms. The molecule has 0 saturated heterocycles. The van der Waals surface area contributed by atoms with E-state index in [0.29, 0.717) is 0 Å². The summed E-state index contributed by atoms with van der Waals surface area (Å²) in [6.45, 7) is 0. The third-order valence-corrected chi connectivity index (χ3v) is 0. The van der Waals surface area contributed by atoms with Gasteiger partial charge in [0.2, 0.25) is 0 Å². The Kier molecular flexibility index (Phi) is 279. The molecule has 0 aliphatic rings. The Morgan fingerprint density at radius 3 is 1.00 bits per heavy atom. The predicted octanol–water partition coefficient (Wildman–Crippen LogP) is 0.793. The zero-order valence-electron chi connectivity index (χ0n) is 1.65. The Labute approximate surface area is 61.4 Å². The monoisotopic (exact) mass is 394 g/mol. The van der Waals surface area contributed by atoms with Crippen molar-refractivity contribution in [1.82, 2.24) is 6.15 Å². The first-order valence-corrected chi connectivity index (χ1v) is 0. The van der Waals surface area contributed by atoms with Crippen LogP contribution in [0.4, 0.5) is 0 Å². The average Bonchev–Trinajstić information content (AvgIpc) is 0. The van der Waals surface area contributed by atoms with Gasteiger partial charge in [0, 0.05) is 48.2 Å². The maximum atomic E-state index is 0. The van der Waals surface area contributed by atoms with Crippen molar-refractivity contribution in [2.75, 3.05) is 0 Å². The molecule has 3 N–H and O–H groups in total. The van der Waals surface area contributed by atoms with Crippen LogP contribution >= 0.6 is 0 Å². The van der Waals surface area contributed by atoms with Crippen LogP contribution < -0.4 is 6.15 Å². The van der Waals surface area contributed by atoms with E-state index in [9.17, 15) is 0 Å². The van der Waals surface area contributed by atoms with Crippen molar-refractivity contribution in [3.63, 3.8) is 0 Å². The van der Waals surface area contributed by atoms with Gasteiger partial charge in [-0.05, 0) is 0 Å². The zero-order chi connectivity index (χ0) is 0. The molecule has 1 nitrogen and oxygen atoms in total. The van der Waals surface area contributed by atoms with Gasteiger partial charge in [-0.1, -0.05) is 7.43 Å². The largest absolute Gasteiger partial charge is 0.344 e. The first-order valence-electron chi connectivity index (χ1n) is 0. The summed E-state index contributed by atoms with van der Waals surface area (Å²) in [5, 5.41) is 0. The van der Waals surface area contributed by atoms with Crippen LogP contribution in [0.15, 0.2) is 0 Å². The average molecular weight is 393 g/mol. The van der Waals surface area contributed by atoms with Gasteiger partial charge in [-0.3, -0.25) is 0 Å². The van der Waals surface area contributed by atoms with Crippen LogP contribution in [0.2, 0.25) is 0 Å². The smallest absolute Gasteiger partial charge is 0 e. The Hall–Kier alpha value is 1.57. The molecule has 0 aromatic rings. The van der Waals surface area contributed by atoms with Crippen molar-refractivity contribution in [3.8, 4) is 0 Å². The molecule has 0 aromatic heterocycles. The summed E-state index contributed by atoms with van der Waals surface area (Å²) in [5.74, 6) is 0. The van der Waals surface area contributed by atoms with Crippen LogP contribution in [0.3, 0.4) is 0 Å². The Morgan fingerprint density at radius 2 is 1.00 bits per heavy atom. The molecule has 0 amide bonds. The van der Waals surface area contributed by atoms with Crippen LogP contribution in [0.25, 0.3) is 0 Å². The van der Waals surface area contributed by atoms with Crippen LogP contribution in [-0.2, 0) is 48.2 Å². The van der Waals surface area contributed by atoms with E-state index in [-0.39, 0.29) is 61.8 Å². The van der Waals surface area contributed by atoms with E-state index in [4.69, 9.17) is 0 Å². The molecule has 1 radical (unpaired) electrons. The van der Waals surface area contributed by atoms with Gasteiger partial charge < -0.3 is 6.15 Å². The topological polar surface area (TPSA) is 35.0 Å². The second-order valence-corrected chi connectivity index (χ2v) is 0. The molecular weight excluding hydrogens is 385 g/mol. The van der Waals surface area contributed by atoms with E-state index < -0.39 is 0 Å². The summed E-state index contributed by atoms with van der Waals surface area (Å²) in [4.78, 5) is 0. The van der Waals surface area contributed by atoms with E-state index >= 15 is 0 Å². The van der Waals surface area contributed by atoms with Gasteiger partial charge in [0.15, 0.2) is 0 Å². The molecule has 0 unspecified atom stereocenters. The molecule has 0 rings (SSSR count). The molecule has 0 saturated carbocycles. The van der Waals surface area contributed by atoms with Crippen LogP contribution in [0, 0.1) is 0 Å². The minimum absolute atomic E-state index is 0. The third-order valence-electron chi connectivity index (χ3n) is 0.